The van der Waals surface area contributed by atoms with Gasteiger partial charge in [0, 0.05) is 28.9 Å². The Labute approximate surface area is 134 Å². The fraction of sp³-hybridized carbons (Fsp3) is 0.529. The van der Waals surface area contributed by atoms with Crippen LogP contribution in [0.15, 0.2) is 30.3 Å². The van der Waals surface area contributed by atoms with Gasteiger partial charge in [-0.3, -0.25) is 9.00 Å². The quantitative estimate of drug-likeness (QED) is 0.876. The summed E-state index contributed by atoms with van der Waals surface area (Å²) in [5.74, 6) is 0.730. The molecule has 1 saturated carbocycles. The fourth-order valence-electron chi connectivity index (χ4n) is 2.82. The van der Waals surface area contributed by atoms with Gasteiger partial charge in [0.2, 0.25) is 5.91 Å². The van der Waals surface area contributed by atoms with Crippen LogP contribution in [0.4, 0.5) is 0 Å². The van der Waals surface area contributed by atoms with E-state index in [1.165, 1.54) is 0 Å². The first-order chi connectivity index (χ1) is 10.7. The van der Waals surface area contributed by atoms with E-state index in [1.807, 2.05) is 30.3 Å². The Balaban J connectivity index is 1.77. The van der Waals surface area contributed by atoms with Crippen molar-refractivity contribution in [2.45, 2.75) is 37.9 Å². The summed E-state index contributed by atoms with van der Waals surface area (Å²) in [7, 11) is -1.01. The molecule has 1 aliphatic carbocycles. The average molecular weight is 318 g/mol. The summed E-state index contributed by atoms with van der Waals surface area (Å²) in [6, 6.07) is 11.9. The molecule has 118 valence electrons. The Hall–Kier alpha value is -1.67. The van der Waals surface area contributed by atoms with E-state index in [0.29, 0.717) is 30.9 Å². The minimum absolute atomic E-state index is 0.189. The second-order valence-corrected chi connectivity index (χ2v) is 7.36. The SMILES string of the molecule is N#CC1(C(=O)NCCS(=O)Cc2ccccc2)CCCCC1. The van der Waals surface area contributed by atoms with Gasteiger partial charge in [-0.25, -0.2) is 0 Å². The normalized spacial score (nSPS) is 18.1. The van der Waals surface area contributed by atoms with E-state index in [-0.39, 0.29) is 5.91 Å². The molecule has 1 aliphatic rings. The van der Waals surface area contributed by atoms with Crippen LogP contribution in [0.1, 0.15) is 37.7 Å². The third-order valence-corrected chi connectivity index (χ3v) is 5.46. The van der Waals surface area contributed by atoms with E-state index in [4.69, 9.17) is 0 Å². The van der Waals surface area contributed by atoms with Crippen molar-refractivity contribution in [1.29, 1.82) is 5.26 Å². The minimum Gasteiger partial charge on any atom is -0.354 e. The van der Waals surface area contributed by atoms with Gasteiger partial charge in [-0.15, -0.1) is 0 Å². The largest absolute Gasteiger partial charge is 0.354 e. The smallest absolute Gasteiger partial charge is 0.240 e. The Morgan fingerprint density at radius 3 is 2.55 bits per heavy atom. The van der Waals surface area contributed by atoms with Crippen LogP contribution in [0.2, 0.25) is 0 Å². The number of nitrogens with one attached hydrogen (secondary N) is 1. The van der Waals surface area contributed by atoms with E-state index in [0.717, 1.165) is 24.8 Å². The van der Waals surface area contributed by atoms with Gasteiger partial charge < -0.3 is 5.32 Å². The predicted molar refractivity (Wildman–Crippen MR) is 87.3 cm³/mol. The molecular weight excluding hydrogens is 296 g/mol. The van der Waals surface area contributed by atoms with Gasteiger partial charge in [-0.05, 0) is 18.4 Å². The number of carbonyl (C=O) groups excluding carboxylic acids is 1. The number of rotatable bonds is 6. The summed E-state index contributed by atoms with van der Waals surface area (Å²) in [5.41, 5.74) is 0.173. The molecule has 0 spiro atoms. The van der Waals surface area contributed by atoms with Gasteiger partial charge in [0.25, 0.3) is 0 Å². The van der Waals surface area contributed by atoms with Gasteiger partial charge in [-0.1, -0.05) is 49.6 Å². The van der Waals surface area contributed by atoms with Crippen LogP contribution >= 0.6 is 0 Å². The Morgan fingerprint density at radius 1 is 1.23 bits per heavy atom. The Bertz CT molecular complexity index is 560. The number of carbonyl (C=O) groups is 1. The molecule has 1 atom stereocenters. The van der Waals surface area contributed by atoms with E-state index >= 15 is 0 Å². The summed E-state index contributed by atoms with van der Waals surface area (Å²) < 4.78 is 12.0. The van der Waals surface area contributed by atoms with Crippen molar-refractivity contribution in [3.63, 3.8) is 0 Å². The summed E-state index contributed by atoms with van der Waals surface area (Å²) in [6.07, 6.45) is 4.24. The molecule has 0 heterocycles. The van der Waals surface area contributed by atoms with Crippen molar-refractivity contribution in [3.05, 3.63) is 35.9 Å². The van der Waals surface area contributed by atoms with Crippen LogP contribution in [0.5, 0.6) is 0 Å². The van der Waals surface area contributed by atoms with Crippen LogP contribution in [0.25, 0.3) is 0 Å². The molecule has 1 aromatic carbocycles. The van der Waals surface area contributed by atoms with Gasteiger partial charge in [0.1, 0.15) is 5.41 Å². The van der Waals surface area contributed by atoms with Gasteiger partial charge in [0.05, 0.1) is 6.07 Å². The highest BCUT2D eigenvalue weighted by Crippen LogP contribution is 2.35. The van der Waals surface area contributed by atoms with E-state index in [2.05, 4.69) is 11.4 Å². The molecule has 22 heavy (non-hydrogen) atoms. The zero-order chi connectivity index (χ0) is 15.8. The molecule has 1 unspecified atom stereocenters. The highest BCUT2D eigenvalue weighted by molar-refractivity contribution is 7.84. The van der Waals surface area contributed by atoms with E-state index in [1.54, 1.807) is 0 Å². The number of amides is 1. The van der Waals surface area contributed by atoms with Crippen LogP contribution in [-0.4, -0.2) is 22.4 Å². The minimum atomic E-state index is -1.01. The topological polar surface area (TPSA) is 70.0 Å². The molecule has 0 aliphatic heterocycles. The van der Waals surface area contributed by atoms with Crippen LogP contribution < -0.4 is 5.32 Å². The monoisotopic (exact) mass is 318 g/mol. The maximum Gasteiger partial charge on any atom is 0.240 e. The number of nitriles is 1. The van der Waals surface area contributed by atoms with Crippen molar-refractivity contribution in [3.8, 4) is 6.07 Å². The molecule has 0 bridgehead atoms. The molecule has 1 fully saturated rings. The molecule has 1 N–H and O–H groups in total. The van der Waals surface area contributed by atoms with Crippen molar-refractivity contribution >= 4 is 16.7 Å². The molecule has 0 aromatic heterocycles. The molecule has 0 saturated heterocycles. The maximum absolute atomic E-state index is 12.3. The molecule has 4 nitrogen and oxygen atoms in total. The van der Waals surface area contributed by atoms with Gasteiger partial charge in [0.15, 0.2) is 0 Å². The Morgan fingerprint density at radius 2 is 1.91 bits per heavy atom. The molecule has 0 radical (unpaired) electrons. The van der Waals surface area contributed by atoms with Crippen molar-refractivity contribution < 1.29 is 9.00 Å². The molecule has 5 heteroatoms. The number of hydrogen-bond donors (Lipinski definition) is 1. The number of benzene rings is 1. The van der Waals surface area contributed by atoms with Crippen molar-refractivity contribution in [2.75, 3.05) is 12.3 Å². The summed E-state index contributed by atoms with van der Waals surface area (Å²) >= 11 is 0. The van der Waals surface area contributed by atoms with Crippen LogP contribution in [-0.2, 0) is 21.3 Å². The Kier molecular flexibility index (Phi) is 6.14. The van der Waals surface area contributed by atoms with Crippen LogP contribution in [0, 0.1) is 16.7 Å². The van der Waals surface area contributed by atoms with Gasteiger partial charge in [-0.2, -0.15) is 5.26 Å². The van der Waals surface area contributed by atoms with Crippen LogP contribution in [0.3, 0.4) is 0 Å². The molecule has 1 aromatic rings. The van der Waals surface area contributed by atoms with Crippen molar-refractivity contribution in [1.82, 2.24) is 5.32 Å². The number of nitrogens with zero attached hydrogens (tertiary/aromatic N) is 1. The third-order valence-electron chi connectivity index (χ3n) is 4.14. The van der Waals surface area contributed by atoms with Crippen molar-refractivity contribution in [2.24, 2.45) is 5.41 Å². The maximum atomic E-state index is 12.3. The number of hydrogen-bond acceptors (Lipinski definition) is 3. The zero-order valence-electron chi connectivity index (χ0n) is 12.7. The highest BCUT2D eigenvalue weighted by Gasteiger charge is 2.39. The molecule has 2 rings (SSSR count). The predicted octanol–water partition coefficient (Wildman–Crippen LogP) is 2.53. The standard InChI is InChI=1S/C17H22N2O2S/c18-14-17(9-5-2-6-10-17)16(20)19-11-12-22(21)13-15-7-3-1-4-8-15/h1,3-4,7-8H,2,5-6,9-13H2,(H,19,20). The summed E-state index contributed by atoms with van der Waals surface area (Å²) in [5, 5.41) is 12.2. The average Bonchev–Trinajstić information content (AvgIpc) is 2.56. The zero-order valence-corrected chi connectivity index (χ0v) is 13.5. The first-order valence-electron chi connectivity index (χ1n) is 7.75. The second kappa shape index (κ2) is 8.09. The first-order valence-corrected chi connectivity index (χ1v) is 9.23. The van der Waals surface area contributed by atoms with E-state index in [9.17, 15) is 14.3 Å². The highest BCUT2D eigenvalue weighted by atomic mass is 32.2. The fourth-order valence-corrected chi connectivity index (χ4v) is 3.86. The third kappa shape index (κ3) is 4.41. The lowest BCUT2D eigenvalue weighted by Crippen LogP contribution is -2.42. The van der Waals surface area contributed by atoms with Gasteiger partial charge >= 0.3 is 0 Å². The molecular formula is C17H22N2O2S. The summed E-state index contributed by atoms with van der Waals surface area (Å²) in [4.78, 5) is 12.3. The lowest BCUT2D eigenvalue weighted by atomic mass is 9.74. The molecule has 1 amide bonds. The second-order valence-electron chi connectivity index (χ2n) is 5.78. The lowest BCUT2D eigenvalue weighted by molar-refractivity contribution is -0.129. The first kappa shape index (κ1) is 16.7. The van der Waals surface area contributed by atoms with E-state index < -0.39 is 16.2 Å². The summed E-state index contributed by atoms with van der Waals surface area (Å²) in [6.45, 7) is 0.363. The lowest BCUT2D eigenvalue weighted by Gasteiger charge is -2.29.